The fraction of sp³-hybridized carbons (Fsp3) is 0.625. The summed E-state index contributed by atoms with van der Waals surface area (Å²) in [6.07, 6.45) is -0.0299. The molecule has 1 aliphatic heterocycles. The molecule has 6 heteroatoms. The molecular weight excluding hydrogens is 291 g/mol. The molecule has 1 saturated heterocycles. The van der Waals surface area contributed by atoms with Crippen molar-refractivity contribution >= 4 is 0 Å². The Morgan fingerprint density at radius 1 is 1.27 bits per heavy atom. The van der Waals surface area contributed by atoms with Crippen molar-refractivity contribution in [3.63, 3.8) is 0 Å². The maximum absolute atomic E-state index is 14.7. The molecule has 5 nitrogen and oxygen atoms in total. The molecule has 0 saturated carbocycles. The summed E-state index contributed by atoms with van der Waals surface area (Å²) in [4.78, 5) is 0. The largest absolute Gasteiger partial charge is 0.468 e. The number of alkyl halides is 1. The van der Waals surface area contributed by atoms with Gasteiger partial charge in [0.1, 0.15) is 5.75 Å². The van der Waals surface area contributed by atoms with Crippen LogP contribution in [0.15, 0.2) is 18.2 Å². The minimum Gasteiger partial charge on any atom is -0.468 e. The lowest BCUT2D eigenvalue weighted by Crippen LogP contribution is -2.39. The van der Waals surface area contributed by atoms with Crippen molar-refractivity contribution in [2.24, 2.45) is 0 Å². The molecule has 1 aliphatic carbocycles. The van der Waals surface area contributed by atoms with E-state index in [0.29, 0.717) is 50.6 Å². The van der Waals surface area contributed by atoms with Crippen LogP contribution in [0.3, 0.4) is 0 Å². The van der Waals surface area contributed by atoms with Crippen molar-refractivity contribution in [1.82, 2.24) is 0 Å². The van der Waals surface area contributed by atoms with Crippen LogP contribution in [0.5, 0.6) is 5.75 Å². The second kappa shape index (κ2) is 6.91. The number of hydrogen-bond donors (Lipinski definition) is 0. The van der Waals surface area contributed by atoms with Crippen molar-refractivity contribution in [2.45, 2.75) is 24.8 Å². The number of methoxy groups -OCH3 is 1. The molecule has 0 amide bonds. The molecular formula is C16H21FO5. The maximum atomic E-state index is 14.7. The van der Waals surface area contributed by atoms with Gasteiger partial charge in [-0.2, -0.15) is 0 Å². The average Bonchev–Trinajstić information content (AvgIpc) is 3.01. The fourth-order valence-electron chi connectivity index (χ4n) is 2.88. The van der Waals surface area contributed by atoms with E-state index in [-0.39, 0.29) is 6.79 Å². The zero-order chi connectivity index (χ0) is 15.4. The second-order valence-electron chi connectivity index (χ2n) is 5.40. The van der Waals surface area contributed by atoms with Gasteiger partial charge in [0, 0.05) is 13.5 Å². The van der Waals surface area contributed by atoms with Crippen molar-refractivity contribution in [3.05, 3.63) is 29.3 Å². The van der Waals surface area contributed by atoms with Crippen LogP contribution in [0, 0.1) is 0 Å². The number of hydrogen-bond acceptors (Lipinski definition) is 5. The number of rotatable bonds is 6. The first-order valence-corrected chi connectivity index (χ1v) is 7.49. The highest BCUT2D eigenvalue weighted by Gasteiger charge is 2.48. The predicted molar refractivity (Wildman–Crippen MR) is 76.6 cm³/mol. The summed E-state index contributed by atoms with van der Waals surface area (Å²) in [7, 11) is 1.62. The lowest BCUT2D eigenvalue weighted by Gasteiger charge is -2.36. The van der Waals surface area contributed by atoms with Crippen molar-refractivity contribution in [3.8, 4) is 5.75 Å². The fourth-order valence-corrected chi connectivity index (χ4v) is 2.88. The van der Waals surface area contributed by atoms with E-state index in [1.807, 2.05) is 6.07 Å². The van der Waals surface area contributed by atoms with E-state index in [1.165, 1.54) is 0 Å². The number of benzene rings is 1. The van der Waals surface area contributed by atoms with Crippen LogP contribution in [0.1, 0.15) is 23.7 Å². The van der Waals surface area contributed by atoms with Crippen LogP contribution in [-0.2, 0) is 25.4 Å². The quantitative estimate of drug-likeness (QED) is 0.596. The Bertz CT molecular complexity index is 501. The summed E-state index contributed by atoms with van der Waals surface area (Å²) in [5, 5.41) is 0. The first-order chi connectivity index (χ1) is 10.7. The number of aryl methyl sites for hydroxylation is 1. The third-order valence-corrected chi connectivity index (χ3v) is 4.03. The zero-order valence-electron chi connectivity index (χ0n) is 12.7. The van der Waals surface area contributed by atoms with E-state index in [4.69, 9.17) is 23.7 Å². The van der Waals surface area contributed by atoms with Crippen LogP contribution >= 0.6 is 0 Å². The highest BCUT2D eigenvalue weighted by atomic mass is 19.1. The molecule has 122 valence electrons. The molecule has 3 rings (SSSR count). The second-order valence-corrected chi connectivity index (χ2v) is 5.40. The average molecular weight is 312 g/mol. The van der Waals surface area contributed by atoms with Crippen molar-refractivity contribution in [1.29, 1.82) is 0 Å². The SMILES string of the molecule is COCCOCOc1ccc2c(c1)CCC1(OCCO1)C2F. The first kappa shape index (κ1) is 15.7. The van der Waals surface area contributed by atoms with Gasteiger partial charge in [-0.15, -0.1) is 0 Å². The van der Waals surface area contributed by atoms with Gasteiger partial charge in [0.2, 0.25) is 5.79 Å². The first-order valence-electron chi connectivity index (χ1n) is 7.49. The Morgan fingerprint density at radius 2 is 2.09 bits per heavy atom. The molecule has 0 aromatic heterocycles. The molecule has 1 aromatic carbocycles. The Labute approximate surface area is 129 Å². The number of halogens is 1. The van der Waals surface area contributed by atoms with Gasteiger partial charge in [-0.05, 0) is 29.7 Å². The highest BCUT2D eigenvalue weighted by Crippen LogP contribution is 2.46. The van der Waals surface area contributed by atoms with Crippen molar-refractivity contribution < 1.29 is 28.1 Å². The molecule has 22 heavy (non-hydrogen) atoms. The third-order valence-electron chi connectivity index (χ3n) is 4.03. The van der Waals surface area contributed by atoms with E-state index >= 15 is 0 Å². The van der Waals surface area contributed by atoms with Gasteiger partial charge >= 0.3 is 0 Å². The molecule has 0 radical (unpaired) electrons. The monoisotopic (exact) mass is 312 g/mol. The van der Waals surface area contributed by atoms with Gasteiger partial charge < -0.3 is 23.7 Å². The highest BCUT2D eigenvalue weighted by molar-refractivity contribution is 5.40. The minimum atomic E-state index is -1.26. The Balaban J connectivity index is 1.62. The lowest BCUT2D eigenvalue weighted by molar-refractivity contribution is -0.210. The van der Waals surface area contributed by atoms with Crippen LogP contribution in [0.4, 0.5) is 4.39 Å². The van der Waals surface area contributed by atoms with E-state index in [1.54, 1.807) is 19.2 Å². The molecule has 1 aromatic rings. The molecule has 0 bridgehead atoms. The van der Waals surface area contributed by atoms with Crippen LogP contribution in [0.2, 0.25) is 0 Å². The van der Waals surface area contributed by atoms with E-state index in [0.717, 1.165) is 5.56 Å². The maximum Gasteiger partial charge on any atom is 0.204 e. The topological polar surface area (TPSA) is 46.2 Å². The summed E-state index contributed by atoms with van der Waals surface area (Å²) in [5.41, 5.74) is 1.56. The molecule has 1 fully saturated rings. The summed E-state index contributed by atoms with van der Waals surface area (Å²) >= 11 is 0. The van der Waals surface area contributed by atoms with Gasteiger partial charge in [-0.1, -0.05) is 6.07 Å². The molecule has 0 N–H and O–H groups in total. The van der Waals surface area contributed by atoms with Crippen LogP contribution < -0.4 is 4.74 Å². The number of fused-ring (bicyclic) bond motifs is 1. The lowest BCUT2D eigenvalue weighted by atomic mass is 9.85. The molecule has 1 atom stereocenters. The summed E-state index contributed by atoms with van der Waals surface area (Å²) < 4.78 is 41.4. The molecule has 1 heterocycles. The van der Waals surface area contributed by atoms with Gasteiger partial charge in [0.15, 0.2) is 13.0 Å². The van der Waals surface area contributed by atoms with E-state index in [9.17, 15) is 4.39 Å². The predicted octanol–water partition coefficient (Wildman–Crippen LogP) is 2.39. The Kier molecular flexibility index (Phi) is 4.93. The summed E-state index contributed by atoms with van der Waals surface area (Å²) in [6, 6.07) is 5.36. The third kappa shape index (κ3) is 3.10. The minimum absolute atomic E-state index is 0.150. The molecule has 2 aliphatic rings. The Hall–Kier alpha value is -1.21. The van der Waals surface area contributed by atoms with Gasteiger partial charge in [-0.25, -0.2) is 4.39 Å². The van der Waals surface area contributed by atoms with E-state index < -0.39 is 12.0 Å². The standard InChI is InChI=1S/C16H21FO5/c1-18-6-7-19-11-20-13-2-3-14-12(10-13)4-5-16(15(14)17)21-8-9-22-16/h2-3,10,15H,4-9,11H2,1H3. The summed E-state index contributed by atoms with van der Waals surface area (Å²) in [5.74, 6) is -0.411. The van der Waals surface area contributed by atoms with Gasteiger partial charge in [-0.3, -0.25) is 0 Å². The summed E-state index contributed by atoms with van der Waals surface area (Å²) in [6.45, 7) is 2.06. The van der Waals surface area contributed by atoms with Gasteiger partial charge in [0.25, 0.3) is 0 Å². The normalized spacial score (nSPS) is 22.7. The molecule has 1 unspecified atom stereocenters. The van der Waals surface area contributed by atoms with Gasteiger partial charge in [0.05, 0.1) is 26.4 Å². The smallest absolute Gasteiger partial charge is 0.204 e. The zero-order valence-corrected chi connectivity index (χ0v) is 12.7. The van der Waals surface area contributed by atoms with Crippen LogP contribution in [0.25, 0.3) is 0 Å². The molecule has 1 spiro atoms. The van der Waals surface area contributed by atoms with Crippen molar-refractivity contribution in [2.75, 3.05) is 40.3 Å². The number of ether oxygens (including phenoxy) is 5. The van der Waals surface area contributed by atoms with E-state index in [2.05, 4.69) is 0 Å². The Morgan fingerprint density at radius 3 is 2.86 bits per heavy atom. The van der Waals surface area contributed by atoms with Crippen LogP contribution in [-0.4, -0.2) is 46.1 Å².